The number of aryl methyl sites for hydroxylation is 1. The van der Waals surface area contributed by atoms with Crippen LogP contribution in [0.15, 0.2) is 30.5 Å². The highest BCUT2D eigenvalue weighted by Crippen LogP contribution is 2.30. The van der Waals surface area contributed by atoms with Crippen molar-refractivity contribution < 1.29 is 4.79 Å². The van der Waals surface area contributed by atoms with Gasteiger partial charge in [0.25, 0.3) is 0 Å². The van der Waals surface area contributed by atoms with Gasteiger partial charge in [0.2, 0.25) is 0 Å². The number of rotatable bonds is 3. The maximum Gasteiger partial charge on any atom is 0.321 e. The molecular formula is C17H18ClN5O. The zero-order valence-electron chi connectivity index (χ0n) is 13.7. The zero-order valence-corrected chi connectivity index (χ0v) is 14.5. The molecule has 1 aromatic carbocycles. The number of halogens is 1. The highest BCUT2D eigenvalue weighted by molar-refractivity contribution is 6.33. The fourth-order valence-electron chi connectivity index (χ4n) is 2.28. The van der Waals surface area contributed by atoms with Crippen molar-refractivity contribution in [2.24, 2.45) is 0 Å². The summed E-state index contributed by atoms with van der Waals surface area (Å²) in [7, 11) is 1.74. The molecule has 2 N–H and O–H groups in total. The SMILES string of the molecule is CCN(C)C(=O)Nc1ccc(Cl)c(-c2nc3ncc(C)cc3[nH]2)c1. The van der Waals surface area contributed by atoms with E-state index in [2.05, 4.69) is 20.3 Å². The molecule has 7 heteroatoms. The largest absolute Gasteiger partial charge is 0.337 e. The summed E-state index contributed by atoms with van der Waals surface area (Å²) in [5.74, 6) is 0.619. The van der Waals surface area contributed by atoms with Crippen molar-refractivity contribution in [3.05, 3.63) is 41.0 Å². The van der Waals surface area contributed by atoms with Gasteiger partial charge in [-0.25, -0.2) is 14.8 Å². The number of hydrogen-bond donors (Lipinski definition) is 2. The highest BCUT2D eigenvalue weighted by atomic mass is 35.5. The summed E-state index contributed by atoms with van der Waals surface area (Å²) in [6, 6.07) is 7.11. The second-order valence-electron chi connectivity index (χ2n) is 5.61. The van der Waals surface area contributed by atoms with E-state index in [1.807, 2.05) is 19.9 Å². The molecule has 24 heavy (non-hydrogen) atoms. The van der Waals surface area contributed by atoms with Gasteiger partial charge in [-0.3, -0.25) is 0 Å². The van der Waals surface area contributed by atoms with Gasteiger partial charge < -0.3 is 15.2 Å². The third-order valence-electron chi connectivity index (χ3n) is 3.77. The van der Waals surface area contributed by atoms with E-state index in [9.17, 15) is 4.79 Å². The van der Waals surface area contributed by atoms with Gasteiger partial charge >= 0.3 is 6.03 Å². The van der Waals surface area contributed by atoms with Gasteiger partial charge in [-0.1, -0.05) is 11.6 Å². The van der Waals surface area contributed by atoms with Crippen molar-refractivity contribution in [2.45, 2.75) is 13.8 Å². The number of aromatic nitrogens is 3. The van der Waals surface area contributed by atoms with Crippen LogP contribution >= 0.6 is 11.6 Å². The smallest absolute Gasteiger partial charge is 0.321 e. The van der Waals surface area contributed by atoms with Gasteiger partial charge in [0.05, 0.1) is 10.5 Å². The second kappa shape index (κ2) is 6.49. The van der Waals surface area contributed by atoms with Gasteiger partial charge in [0.1, 0.15) is 5.82 Å². The lowest BCUT2D eigenvalue weighted by atomic mass is 10.2. The molecular weight excluding hydrogens is 326 g/mol. The maximum absolute atomic E-state index is 12.0. The summed E-state index contributed by atoms with van der Waals surface area (Å²) < 4.78 is 0. The van der Waals surface area contributed by atoms with E-state index in [0.29, 0.717) is 34.3 Å². The van der Waals surface area contributed by atoms with Crippen molar-refractivity contribution in [2.75, 3.05) is 18.9 Å². The summed E-state index contributed by atoms with van der Waals surface area (Å²) in [6.45, 7) is 4.51. The van der Waals surface area contributed by atoms with E-state index >= 15 is 0 Å². The number of pyridine rings is 1. The van der Waals surface area contributed by atoms with Gasteiger partial charge in [0, 0.05) is 31.0 Å². The normalized spacial score (nSPS) is 10.8. The average molecular weight is 344 g/mol. The molecule has 124 valence electrons. The number of imidazole rings is 1. The molecule has 2 heterocycles. The fraction of sp³-hybridized carbons (Fsp3) is 0.235. The Morgan fingerprint density at radius 1 is 1.38 bits per heavy atom. The summed E-state index contributed by atoms with van der Waals surface area (Å²) in [6.07, 6.45) is 1.77. The lowest BCUT2D eigenvalue weighted by Gasteiger charge is -2.16. The molecule has 0 aliphatic heterocycles. The molecule has 0 bridgehead atoms. The Kier molecular flexibility index (Phi) is 4.40. The lowest BCUT2D eigenvalue weighted by molar-refractivity contribution is 0.224. The van der Waals surface area contributed by atoms with Crippen LogP contribution in [-0.4, -0.2) is 39.5 Å². The van der Waals surface area contributed by atoms with Crippen LogP contribution in [0.1, 0.15) is 12.5 Å². The number of benzene rings is 1. The number of H-pyrrole nitrogens is 1. The molecule has 0 unspecified atom stereocenters. The Balaban J connectivity index is 1.97. The monoisotopic (exact) mass is 343 g/mol. The summed E-state index contributed by atoms with van der Waals surface area (Å²) in [5, 5.41) is 3.39. The molecule has 6 nitrogen and oxygen atoms in total. The van der Waals surface area contributed by atoms with E-state index in [4.69, 9.17) is 11.6 Å². The van der Waals surface area contributed by atoms with Crippen molar-refractivity contribution in [3.63, 3.8) is 0 Å². The highest BCUT2D eigenvalue weighted by Gasteiger charge is 2.13. The van der Waals surface area contributed by atoms with Crippen LogP contribution in [-0.2, 0) is 0 Å². The predicted molar refractivity (Wildman–Crippen MR) is 96.4 cm³/mol. The Bertz CT molecular complexity index is 905. The first kappa shape index (κ1) is 16.3. The first-order valence-corrected chi connectivity index (χ1v) is 8.00. The minimum atomic E-state index is -0.173. The van der Waals surface area contributed by atoms with Crippen molar-refractivity contribution in [3.8, 4) is 11.4 Å². The third-order valence-corrected chi connectivity index (χ3v) is 4.10. The number of amides is 2. The topological polar surface area (TPSA) is 73.9 Å². The zero-order chi connectivity index (χ0) is 17.3. The van der Waals surface area contributed by atoms with Gasteiger partial charge in [-0.15, -0.1) is 0 Å². The van der Waals surface area contributed by atoms with Crippen LogP contribution in [0.3, 0.4) is 0 Å². The predicted octanol–water partition coefficient (Wildman–Crippen LogP) is 4.07. The van der Waals surface area contributed by atoms with Gasteiger partial charge in [0.15, 0.2) is 5.65 Å². The number of carbonyl (C=O) groups excluding carboxylic acids is 1. The summed E-state index contributed by atoms with van der Waals surface area (Å²) >= 11 is 6.31. The number of carbonyl (C=O) groups is 1. The van der Waals surface area contributed by atoms with E-state index in [-0.39, 0.29) is 6.03 Å². The summed E-state index contributed by atoms with van der Waals surface area (Å²) in [5.41, 5.74) is 3.90. The van der Waals surface area contributed by atoms with E-state index < -0.39 is 0 Å². The quantitative estimate of drug-likeness (QED) is 0.752. The molecule has 2 aromatic heterocycles. The molecule has 3 aromatic rings. The maximum atomic E-state index is 12.0. The number of hydrogen-bond acceptors (Lipinski definition) is 3. The van der Waals surface area contributed by atoms with Gasteiger partial charge in [-0.05, 0) is 43.7 Å². The summed E-state index contributed by atoms with van der Waals surface area (Å²) in [4.78, 5) is 25.6. The van der Waals surface area contributed by atoms with Crippen molar-refractivity contribution in [1.29, 1.82) is 0 Å². The molecule has 0 fully saturated rings. The minimum Gasteiger partial charge on any atom is -0.337 e. The van der Waals surface area contributed by atoms with Crippen molar-refractivity contribution >= 4 is 34.5 Å². The average Bonchev–Trinajstić information content (AvgIpc) is 2.98. The van der Waals surface area contributed by atoms with Crippen LogP contribution < -0.4 is 5.32 Å². The number of fused-ring (bicyclic) bond motifs is 1. The molecule has 2 amide bonds. The number of aromatic amines is 1. The Morgan fingerprint density at radius 2 is 2.17 bits per heavy atom. The van der Waals surface area contributed by atoms with Crippen LogP contribution in [0.4, 0.5) is 10.5 Å². The first-order valence-electron chi connectivity index (χ1n) is 7.62. The molecule has 0 aliphatic carbocycles. The molecule has 0 saturated heterocycles. The van der Waals surface area contributed by atoms with Crippen LogP contribution in [0.5, 0.6) is 0 Å². The molecule has 0 atom stereocenters. The molecule has 3 rings (SSSR count). The lowest BCUT2D eigenvalue weighted by Crippen LogP contribution is -2.30. The Hall–Kier alpha value is -2.60. The molecule has 0 spiro atoms. The van der Waals surface area contributed by atoms with E-state index in [1.54, 1.807) is 36.3 Å². The second-order valence-corrected chi connectivity index (χ2v) is 6.02. The van der Waals surface area contributed by atoms with E-state index in [0.717, 1.165) is 11.1 Å². The Morgan fingerprint density at radius 3 is 2.92 bits per heavy atom. The fourth-order valence-corrected chi connectivity index (χ4v) is 2.49. The number of urea groups is 1. The Labute approximate surface area is 144 Å². The van der Waals surface area contributed by atoms with Crippen LogP contribution in [0, 0.1) is 6.92 Å². The third kappa shape index (κ3) is 3.19. The van der Waals surface area contributed by atoms with Crippen LogP contribution in [0.2, 0.25) is 5.02 Å². The molecule has 0 radical (unpaired) electrons. The molecule has 0 aliphatic rings. The first-order chi connectivity index (χ1) is 11.5. The number of nitrogens with zero attached hydrogens (tertiary/aromatic N) is 3. The standard InChI is InChI=1S/C17H18ClN5O/c1-4-23(3)17(24)20-11-5-6-13(18)12(8-11)15-21-14-7-10(2)9-19-16(14)22-15/h5-9H,4H2,1-3H3,(H,20,24)(H,19,21,22). The van der Waals surface area contributed by atoms with Crippen molar-refractivity contribution in [1.82, 2.24) is 19.9 Å². The number of anilines is 1. The van der Waals surface area contributed by atoms with Gasteiger partial charge in [-0.2, -0.15) is 0 Å². The molecule has 0 saturated carbocycles. The van der Waals surface area contributed by atoms with E-state index in [1.165, 1.54) is 0 Å². The minimum absolute atomic E-state index is 0.173. The number of nitrogens with one attached hydrogen (secondary N) is 2. The van der Waals surface area contributed by atoms with Crippen LogP contribution in [0.25, 0.3) is 22.6 Å².